The number of hydrogen-bond acceptors (Lipinski definition) is 6. The van der Waals surface area contributed by atoms with E-state index in [0.717, 1.165) is 4.57 Å². The first-order valence-corrected chi connectivity index (χ1v) is 5.92. The average Bonchev–Trinajstić information content (AvgIpc) is 2.38. The van der Waals surface area contributed by atoms with Gasteiger partial charge in [-0.25, -0.2) is 4.79 Å². The lowest BCUT2D eigenvalue weighted by Crippen LogP contribution is -2.43. The van der Waals surface area contributed by atoms with E-state index in [2.05, 4.69) is 0 Å². The molecule has 1 heterocycles. The lowest BCUT2D eigenvalue weighted by atomic mass is 10.3. The Hall–Kier alpha value is -2.00. The van der Waals surface area contributed by atoms with Gasteiger partial charge in [0.05, 0.1) is 31.2 Å². The Morgan fingerprint density at radius 1 is 1.10 bits per heavy atom. The van der Waals surface area contributed by atoms with E-state index in [4.69, 9.17) is 9.47 Å². The van der Waals surface area contributed by atoms with Crippen LogP contribution in [0.15, 0.2) is 9.59 Å². The molecular formula is C11H17N3O6. The summed E-state index contributed by atoms with van der Waals surface area (Å²) in [5.41, 5.74) is -2.09. The summed E-state index contributed by atoms with van der Waals surface area (Å²) in [6, 6.07) is 0. The Morgan fingerprint density at radius 3 is 2.05 bits per heavy atom. The van der Waals surface area contributed by atoms with Gasteiger partial charge in [0.2, 0.25) is 0 Å². The first kappa shape index (κ1) is 16.1. The fourth-order valence-electron chi connectivity index (χ4n) is 1.82. The number of aromatic nitrogens is 2. The number of nitro groups is 1. The van der Waals surface area contributed by atoms with Crippen LogP contribution in [0.4, 0.5) is 5.69 Å². The molecule has 1 rings (SSSR count). The number of rotatable bonds is 7. The Balaban J connectivity index is 3.52. The van der Waals surface area contributed by atoms with E-state index in [1.165, 1.54) is 25.7 Å². The van der Waals surface area contributed by atoms with Crippen LogP contribution >= 0.6 is 0 Å². The van der Waals surface area contributed by atoms with E-state index in [1.807, 2.05) is 0 Å². The number of methoxy groups -OCH3 is 2. The number of nitrogens with zero attached hydrogens (tertiary/aromatic N) is 3. The Morgan fingerprint density at radius 2 is 1.60 bits per heavy atom. The topological polar surface area (TPSA) is 106 Å². The van der Waals surface area contributed by atoms with E-state index < -0.39 is 21.9 Å². The highest BCUT2D eigenvalue weighted by Gasteiger charge is 2.24. The van der Waals surface area contributed by atoms with Crippen molar-refractivity contribution in [3.8, 4) is 0 Å². The van der Waals surface area contributed by atoms with Crippen molar-refractivity contribution in [1.29, 1.82) is 0 Å². The molecule has 1 aromatic rings. The summed E-state index contributed by atoms with van der Waals surface area (Å²) in [6.45, 7) is 1.79. The zero-order valence-electron chi connectivity index (χ0n) is 11.6. The van der Waals surface area contributed by atoms with Crippen molar-refractivity contribution < 1.29 is 14.4 Å². The minimum atomic E-state index is -0.914. The number of hydrogen-bond donors (Lipinski definition) is 0. The van der Waals surface area contributed by atoms with Gasteiger partial charge in [0.15, 0.2) is 0 Å². The zero-order chi connectivity index (χ0) is 15.3. The average molecular weight is 287 g/mol. The minimum absolute atomic E-state index is 0.0238. The first-order valence-electron chi connectivity index (χ1n) is 5.92. The standard InChI is InChI=1S/C11H17N3O6/c1-8-9(14(17)18)10(15)13(5-7-20-3)11(16)12(8)4-6-19-2/h4-7H2,1-3H3. The molecule has 9 heteroatoms. The molecular weight excluding hydrogens is 270 g/mol. The predicted molar refractivity (Wildman–Crippen MR) is 70.1 cm³/mol. The maximum absolute atomic E-state index is 12.2. The molecule has 0 saturated carbocycles. The summed E-state index contributed by atoms with van der Waals surface area (Å²) in [7, 11) is 2.87. The molecule has 0 unspecified atom stereocenters. The highest BCUT2D eigenvalue weighted by Crippen LogP contribution is 2.09. The van der Waals surface area contributed by atoms with E-state index in [1.54, 1.807) is 0 Å². The van der Waals surface area contributed by atoms with Crippen LogP contribution in [0.2, 0.25) is 0 Å². The van der Waals surface area contributed by atoms with Crippen molar-refractivity contribution in [2.75, 3.05) is 27.4 Å². The summed E-state index contributed by atoms with van der Waals surface area (Å²) in [6.07, 6.45) is 0. The largest absolute Gasteiger partial charge is 0.383 e. The molecule has 0 aliphatic carbocycles. The van der Waals surface area contributed by atoms with Crippen LogP contribution in [0.5, 0.6) is 0 Å². The molecule has 0 bridgehead atoms. The number of ether oxygens (including phenoxy) is 2. The third-order valence-corrected chi connectivity index (χ3v) is 2.88. The summed E-state index contributed by atoms with van der Waals surface area (Å²) >= 11 is 0. The molecule has 0 saturated heterocycles. The summed E-state index contributed by atoms with van der Waals surface area (Å²) in [5.74, 6) is 0. The third-order valence-electron chi connectivity index (χ3n) is 2.88. The molecule has 0 radical (unpaired) electrons. The first-order chi connectivity index (χ1) is 9.45. The molecule has 0 atom stereocenters. The lowest BCUT2D eigenvalue weighted by Gasteiger charge is -2.12. The third kappa shape index (κ3) is 3.11. The smallest absolute Gasteiger partial charge is 0.353 e. The molecule has 0 spiro atoms. The molecule has 1 aromatic heterocycles. The van der Waals surface area contributed by atoms with Crippen molar-refractivity contribution in [2.45, 2.75) is 20.0 Å². The second kappa shape index (κ2) is 6.96. The summed E-state index contributed by atoms with van der Waals surface area (Å²) in [5, 5.41) is 11.0. The van der Waals surface area contributed by atoms with Gasteiger partial charge < -0.3 is 9.47 Å². The van der Waals surface area contributed by atoms with Crippen LogP contribution in [-0.4, -0.2) is 41.5 Å². The fourth-order valence-corrected chi connectivity index (χ4v) is 1.82. The quantitative estimate of drug-likeness (QED) is 0.495. The Labute approximate surface area is 114 Å². The second-order valence-corrected chi connectivity index (χ2v) is 4.07. The molecule has 0 amide bonds. The van der Waals surface area contributed by atoms with E-state index in [9.17, 15) is 19.7 Å². The molecule has 0 aliphatic heterocycles. The van der Waals surface area contributed by atoms with E-state index in [-0.39, 0.29) is 32.0 Å². The monoisotopic (exact) mass is 287 g/mol. The van der Waals surface area contributed by atoms with Gasteiger partial charge in [-0.1, -0.05) is 0 Å². The molecule has 9 nitrogen and oxygen atoms in total. The van der Waals surface area contributed by atoms with Gasteiger partial charge in [-0.15, -0.1) is 0 Å². The van der Waals surface area contributed by atoms with Crippen molar-refractivity contribution in [3.63, 3.8) is 0 Å². The normalized spacial score (nSPS) is 10.8. The second-order valence-electron chi connectivity index (χ2n) is 4.07. The minimum Gasteiger partial charge on any atom is -0.383 e. The highest BCUT2D eigenvalue weighted by atomic mass is 16.6. The molecule has 0 fully saturated rings. The van der Waals surface area contributed by atoms with Gasteiger partial charge in [-0.2, -0.15) is 0 Å². The van der Waals surface area contributed by atoms with Crippen LogP contribution in [0.1, 0.15) is 5.69 Å². The van der Waals surface area contributed by atoms with Gasteiger partial charge in [-0.05, 0) is 6.92 Å². The highest BCUT2D eigenvalue weighted by molar-refractivity contribution is 5.31. The van der Waals surface area contributed by atoms with Gasteiger partial charge in [0, 0.05) is 14.2 Å². The van der Waals surface area contributed by atoms with Gasteiger partial charge in [0.1, 0.15) is 5.69 Å². The molecule has 0 N–H and O–H groups in total. The van der Waals surface area contributed by atoms with Gasteiger partial charge >= 0.3 is 16.9 Å². The van der Waals surface area contributed by atoms with Crippen LogP contribution in [0, 0.1) is 17.0 Å². The molecule has 0 aromatic carbocycles. The lowest BCUT2D eigenvalue weighted by molar-refractivity contribution is -0.387. The predicted octanol–water partition coefficient (Wildman–Crippen LogP) is -0.481. The van der Waals surface area contributed by atoms with Crippen LogP contribution in [0.25, 0.3) is 0 Å². The summed E-state index contributed by atoms with van der Waals surface area (Å²) in [4.78, 5) is 34.4. The van der Waals surface area contributed by atoms with E-state index in [0.29, 0.717) is 0 Å². The fraction of sp³-hybridized carbons (Fsp3) is 0.636. The van der Waals surface area contributed by atoms with Crippen LogP contribution < -0.4 is 11.2 Å². The van der Waals surface area contributed by atoms with Crippen LogP contribution in [0.3, 0.4) is 0 Å². The summed E-state index contributed by atoms with van der Waals surface area (Å²) < 4.78 is 11.6. The van der Waals surface area contributed by atoms with Crippen molar-refractivity contribution in [1.82, 2.24) is 9.13 Å². The van der Waals surface area contributed by atoms with E-state index >= 15 is 0 Å². The maximum Gasteiger partial charge on any atom is 0.353 e. The Kier molecular flexibility index (Phi) is 5.59. The maximum atomic E-state index is 12.2. The Bertz CT molecular complexity index is 603. The molecule has 0 aliphatic rings. The van der Waals surface area contributed by atoms with Gasteiger partial charge in [0.25, 0.3) is 0 Å². The molecule has 112 valence electrons. The van der Waals surface area contributed by atoms with Crippen molar-refractivity contribution in [3.05, 3.63) is 36.6 Å². The van der Waals surface area contributed by atoms with Crippen molar-refractivity contribution >= 4 is 5.69 Å². The zero-order valence-corrected chi connectivity index (χ0v) is 11.6. The van der Waals surface area contributed by atoms with Crippen LogP contribution in [-0.2, 0) is 22.6 Å². The molecule has 20 heavy (non-hydrogen) atoms. The van der Waals surface area contributed by atoms with Gasteiger partial charge in [-0.3, -0.25) is 24.0 Å². The van der Waals surface area contributed by atoms with Crippen molar-refractivity contribution in [2.24, 2.45) is 0 Å². The SMILES string of the molecule is COCCn1c(C)c([N+](=O)[O-])c(=O)n(CCOC)c1=O.